The van der Waals surface area contributed by atoms with Crippen molar-refractivity contribution in [1.29, 1.82) is 0 Å². The van der Waals surface area contributed by atoms with Crippen LogP contribution in [0.4, 0.5) is 13.2 Å². The summed E-state index contributed by atoms with van der Waals surface area (Å²) in [5.41, 5.74) is 1.84. The average molecular weight is 385 g/mol. The fraction of sp³-hybridized carbons (Fsp3) is 0.273. The predicted molar refractivity (Wildman–Crippen MR) is 98.0 cm³/mol. The third-order valence-electron chi connectivity index (χ3n) is 6.20. The lowest BCUT2D eigenvalue weighted by molar-refractivity contribution is -0.137. The molecule has 0 saturated heterocycles. The molecular weight excluding hydrogens is 367 g/mol. The van der Waals surface area contributed by atoms with Crippen molar-refractivity contribution >= 4 is 0 Å². The molecule has 2 N–H and O–H groups in total. The van der Waals surface area contributed by atoms with Gasteiger partial charge in [0.1, 0.15) is 0 Å². The maximum absolute atomic E-state index is 13.1. The Morgan fingerprint density at radius 2 is 1.50 bits per heavy atom. The molecule has 3 nitrogen and oxygen atoms in total. The predicted octanol–water partition coefficient (Wildman–Crippen LogP) is 5.67. The van der Waals surface area contributed by atoms with Crippen LogP contribution in [0.1, 0.15) is 52.8 Å². The number of rotatable bonds is 2. The first-order valence-corrected chi connectivity index (χ1v) is 9.25. The Morgan fingerprint density at radius 3 is 2.21 bits per heavy atom. The van der Waals surface area contributed by atoms with Gasteiger partial charge in [0, 0.05) is 11.1 Å². The van der Waals surface area contributed by atoms with Crippen molar-refractivity contribution in [3.63, 3.8) is 0 Å². The van der Waals surface area contributed by atoms with Crippen LogP contribution in [0, 0.1) is 0 Å². The van der Waals surface area contributed by atoms with E-state index in [1.807, 2.05) is 18.2 Å². The van der Waals surface area contributed by atoms with Gasteiger partial charge in [0.05, 0.1) is 11.3 Å². The van der Waals surface area contributed by atoms with Crippen molar-refractivity contribution in [3.8, 4) is 17.4 Å². The second kappa shape index (κ2) is 5.80. The molecule has 2 bridgehead atoms. The largest absolute Gasteiger partial charge is 0.494 e. The first-order chi connectivity index (χ1) is 13.4. The van der Waals surface area contributed by atoms with Crippen molar-refractivity contribution in [2.24, 2.45) is 0 Å². The second-order valence-electron chi connectivity index (χ2n) is 7.65. The van der Waals surface area contributed by atoms with Gasteiger partial charge in [-0.3, -0.25) is 4.57 Å². The number of benzene rings is 2. The first kappa shape index (κ1) is 17.2. The normalized spacial score (nSPS) is 23.2. The Kier molecular flexibility index (Phi) is 3.57. The lowest BCUT2D eigenvalue weighted by Gasteiger charge is -2.22. The van der Waals surface area contributed by atoms with Gasteiger partial charge < -0.3 is 10.2 Å². The number of hydrogen-bond donors (Lipinski definition) is 2. The van der Waals surface area contributed by atoms with Gasteiger partial charge in [-0.25, -0.2) is 0 Å². The van der Waals surface area contributed by atoms with Crippen LogP contribution in [-0.4, -0.2) is 14.8 Å². The van der Waals surface area contributed by atoms with E-state index < -0.39 is 11.7 Å². The highest BCUT2D eigenvalue weighted by atomic mass is 19.4. The van der Waals surface area contributed by atoms with Crippen LogP contribution in [0.2, 0.25) is 0 Å². The standard InChI is InChI=1S/C22H18F3NO2/c23-22(24,25)14-7-4-8-15(11-14)26-20(27)18-13-9-16(12-5-2-1-3-6-12)17(10-13)19(18)21(26)28/h1-8,11,13,16-17,27-28H,9-10H2/t13-,16-,17-/m1/s1. The van der Waals surface area contributed by atoms with E-state index in [2.05, 4.69) is 12.1 Å². The summed E-state index contributed by atoms with van der Waals surface area (Å²) in [7, 11) is 0. The Balaban J connectivity index is 1.61. The third kappa shape index (κ3) is 2.37. The van der Waals surface area contributed by atoms with Gasteiger partial charge in [0.25, 0.3) is 0 Å². The molecule has 144 valence electrons. The molecule has 5 rings (SSSR count). The molecule has 0 amide bonds. The van der Waals surface area contributed by atoms with Gasteiger partial charge >= 0.3 is 6.18 Å². The summed E-state index contributed by atoms with van der Waals surface area (Å²) >= 11 is 0. The van der Waals surface area contributed by atoms with Crippen LogP contribution < -0.4 is 0 Å². The molecule has 2 aliphatic carbocycles. The number of fused-ring (bicyclic) bond motifs is 5. The van der Waals surface area contributed by atoms with E-state index in [1.54, 1.807) is 0 Å². The van der Waals surface area contributed by atoms with Crippen molar-refractivity contribution in [1.82, 2.24) is 4.57 Å². The van der Waals surface area contributed by atoms with Gasteiger partial charge in [-0.2, -0.15) is 13.2 Å². The Labute approximate surface area is 159 Å². The molecule has 2 aliphatic rings. The monoisotopic (exact) mass is 385 g/mol. The highest BCUT2D eigenvalue weighted by Crippen LogP contribution is 2.65. The molecule has 0 radical (unpaired) electrons. The summed E-state index contributed by atoms with van der Waals surface area (Å²) in [6.07, 6.45) is -2.79. The van der Waals surface area contributed by atoms with E-state index in [-0.39, 0.29) is 35.2 Å². The molecule has 28 heavy (non-hydrogen) atoms. The first-order valence-electron chi connectivity index (χ1n) is 9.25. The van der Waals surface area contributed by atoms with Gasteiger partial charge in [0.2, 0.25) is 11.8 Å². The molecule has 3 atom stereocenters. The maximum Gasteiger partial charge on any atom is 0.416 e. The van der Waals surface area contributed by atoms with E-state index in [9.17, 15) is 23.4 Å². The van der Waals surface area contributed by atoms with Crippen LogP contribution >= 0.6 is 0 Å². The van der Waals surface area contributed by atoms with Crippen LogP contribution in [0.25, 0.3) is 5.69 Å². The SMILES string of the molecule is Oc1c2c(c(O)n1-c1cccc(C(F)(F)F)c1)[C@@H]1C[C@H]2C[C@@H]1c1ccccc1. The molecule has 1 aromatic heterocycles. The van der Waals surface area contributed by atoms with Gasteiger partial charge in [0.15, 0.2) is 0 Å². The molecule has 0 spiro atoms. The Bertz CT molecular complexity index is 1060. The Hall–Kier alpha value is -2.89. The summed E-state index contributed by atoms with van der Waals surface area (Å²) in [5, 5.41) is 21.7. The number of nitrogens with zero attached hydrogens (tertiary/aromatic N) is 1. The van der Waals surface area contributed by atoms with Crippen LogP contribution in [0.15, 0.2) is 54.6 Å². The number of aromatic nitrogens is 1. The lowest BCUT2D eigenvalue weighted by Crippen LogP contribution is -2.07. The van der Waals surface area contributed by atoms with Crippen molar-refractivity contribution in [2.75, 3.05) is 0 Å². The summed E-state index contributed by atoms with van der Waals surface area (Å²) in [5.74, 6) is 0.0932. The number of aromatic hydroxyl groups is 2. The fourth-order valence-electron chi connectivity index (χ4n) is 5.08. The summed E-state index contributed by atoms with van der Waals surface area (Å²) in [6, 6.07) is 14.7. The Morgan fingerprint density at radius 1 is 0.821 bits per heavy atom. The van der Waals surface area contributed by atoms with E-state index >= 15 is 0 Å². The molecular formula is C22H18F3NO2. The van der Waals surface area contributed by atoms with Crippen molar-refractivity contribution in [2.45, 2.75) is 36.8 Å². The maximum atomic E-state index is 13.1. The molecule has 6 heteroatoms. The van der Waals surface area contributed by atoms with Crippen molar-refractivity contribution < 1.29 is 23.4 Å². The summed E-state index contributed by atoms with van der Waals surface area (Å²) in [4.78, 5) is 0. The zero-order valence-corrected chi connectivity index (χ0v) is 14.8. The molecule has 3 aromatic rings. The minimum Gasteiger partial charge on any atom is -0.494 e. The van der Waals surface area contributed by atoms with Gasteiger partial charge in [-0.15, -0.1) is 0 Å². The zero-order chi connectivity index (χ0) is 19.6. The molecule has 0 aliphatic heterocycles. The quantitative estimate of drug-likeness (QED) is 0.597. The number of alkyl halides is 3. The van der Waals surface area contributed by atoms with Crippen LogP contribution in [0.3, 0.4) is 0 Å². The molecule has 1 heterocycles. The molecule has 1 fully saturated rings. The van der Waals surface area contributed by atoms with Gasteiger partial charge in [-0.1, -0.05) is 36.4 Å². The average Bonchev–Trinajstić information content (AvgIpc) is 3.33. The highest BCUT2D eigenvalue weighted by Gasteiger charge is 2.49. The lowest BCUT2D eigenvalue weighted by atomic mass is 9.81. The summed E-state index contributed by atoms with van der Waals surface area (Å²) < 4.78 is 40.4. The van der Waals surface area contributed by atoms with E-state index in [1.165, 1.54) is 17.7 Å². The molecule has 1 saturated carbocycles. The summed E-state index contributed by atoms with van der Waals surface area (Å²) in [6.45, 7) is 0. The van der Waals surface area contributed by atoms with E-state index in [0.717, 1.165) is 29.5 Å². The van der Waals surface area contributed by atoms with Gasteiger partial charge in [-0.05, 0) is 54.4 Å². The van der Waals surface area contributed by atoms with Crippen LogP contribution in [0.5, 0.6) is 11.8 Å². The number of hydrogen-bond acceptors (Lipinski definition) is 2. The topological polar surface area (TPSA) is 45.4 Å². The number of halogens is 3. The fourth-order valence-corrected chi connectivity index (χ4v) is 5.08. The van der Waals surface area contributed by atoms with E-state index in [0.29, 0.717) is 11.1 Å². The third-order valence-corrected chi connectivity index (χ3v) is 6.20. The smallest absolute Gasteiger partial charge is 0.416 e. The molecule has 0 unspecified atom stereocenters. The minimum atomic E-state index is -4.49. The van der Waals surface area contributed by atoms with Crippen molar-refractivity contribution in [3.05, 3.63) is 76.9 Å². The zero-order valence-electron chi connectivity index (χ0n) is 14.8. The van der Waals surface area contributed by atoms with E-state index in [4.69, 9.17) is 0 Å². The second-order valence-corrected chi connectivity index (χ2v) is 7.65. The molecule has 2 aromatic carbocycles. The minimum absolute atomic E-state index is 0.0559. The highest BCUT2D eigenvalue weighted by molar-refractivity contribution is 5.61. The van der Waals surface area contributed by atoms with Crippen LogP contribution in [-0.2, 0) is 6.18 Å².